The fraction of sp³-hybridized carbons (Fsp3) is 0.294. The number of nitrogens with zero attached hydrogens (tertiary/aromatic N) is 7. The molecule has 0 spiro atoms. The fourth-order valence-electron chi connectivity index (χ4n) is 5.89. The lowest BCUT2D eigenvalue weighted by Crippen LogP contribution is -2.47. The van der Waals surface area contributed by atoms with Crippen LogP contribution in [-0.2, 0) is 6.54 Å². The molecule has 250 valence electrons. The minimum atomic E-state index is -4.19. The average Bonchev–Trinajstić information content (AvgIpc) is 3.51. The van der Waals surface area contributed by atoms with Crippen molar-refractivity contribution in [3.63, 3.8) is 0 Å². The van der Waals surface area contributed by atoms with Gasteiger partial charge in [-0.05, 0) is 44.2 Å². The zero-order valence-corrected chi connectivity index (χ0v) is 27.6. The molecule has 0 bridgehead atoms. The number of fused-ring (bicyclic) bond motifs is 2. The molecule has 49 heavy (non-hydrogen) atoms. The summed E-state index contributed by atoms with van der Waals surface area (Å²) in [5.74, 6) is 5.81. The van der Waals surface area contributed by atoms with E-state index in [-0.39, 0.29) is 35.0 Å². The Kier molecular flexibility index (Phi) is 9.56. The molecule has 5 aromatic rings. The van der Waals surface area contributed by atoms with Crippen LogP contribution >= 0.6 is 22.9 Å². The summed E-state index contributed by atoms with van der Waals surface area (Å²) in [6.45, 7) is 3.83. The average molecular weight is 706 g/mol. The maximum absolute atomic E-state index is 13.9. The summed E-state index contributed by atoms with van der Waals surface area (Å²) in [4.78, 5) is 42.7. The molecule has 0 amide bonds. The van der Waals surface area contributed by atoms with Crippen molar-refractivity contribution in [2.75, 3.05) is 37.6 Å². The van der Waals surface area contributed by atoms with E-state index in [0.717, 1.165) is 5.56 Å². The maximum Gasteiger partial charge on any atom is 0.389 e. The number of hydrogen-bond donors (Lipinski definition) is 1. The number of aryl methyl sites for hydroxylation is 1. The fourth-order valence-corrected chi connectivity index (χ4v) is 7.09. The number of nitriles is 1. The molecule has 0 aliphatic carbocycles. The molecule has 0 unspecified atom stereocenters. The molecule has 4 aromatic heterocycles. The van der Waals surface area contributed by atoms with Gasteiger partial charge in [-0.3, -0.25) is 19.2 Å². The number of alkyl halides is 3. The molecule has 5 heterocycles. The second-order valence-corrected chi connectivity index (χ2v) is 12.7. The van der Waals surface area contributed by atoms with Crippen LogP contribution < -0.4 is 10.5 Å². The van der Waals surface area contributed by atoms with Gasteiger partial charge in [0.25, 0.3) is 5.56 Å². The molecule has 10 nitrogen and oxygen atoms in total. The molecule has 0 saturated carbocycles. The van der Waals surface area contributed by atoms with E-state index in [1.165, 1.54) is 28.3 Å². The summed E-state index contributed by atoms with van der Waals surface area (Å²) < 4.78 is 39.8. The van der Waals surface area contributed by atoms with Crippen molar-refractivity contribution in [3.8, 4) is 29.0 Å². The second-order valence-electron chi connectivity index (χ2n) is 11.4. The number of carboxylic acids is 1. The minimum Gasteiger partial charge on any atom is -0.478 e. The van der Waals surface area contributed by atoms with E-state index in [1.54, 1.807) is 36.6 Å². The molecule has 1 fully saturated rings. The Bertz CT molecular complexity index is 2260. The first-order valence-electron chi connectivity index (χ1n) is 15.2. The van der Waals surface area contributed by atoms with Crippen LogP contribution in [-0.4, -0.2) is 74.4 Å². The van der Waals surface area contributed by atoms with Gasteiger partial charge < -0.3 is 10.0 Å². The van der Waals surface area contributed by atoms with Crippen LogP contribution in [0.5, 0.6) is 0 Å². The topological polar surface area (TPSA) is 128 Å². The SMILES string of the molecule is Cc1nc2cnc(N3CCN(CCCC(F)(F)F)CC3)c(C#N)c2c(=O)n1CC#Cc1ccc(Cl)cc1-c1ccnc2c(C(=O)O)csc12. The first kappa shape index (κ1) is 33.9. The zero-order valence-electron chi connectivity index (χ0n) is 26.0. The van der Waals surface area contributed by atoms with Crippen LogP contribution in [0.3, 0.4) is 0 Å². The Labute approximate surface area is 287 Å². The molecule has 6 rings (SSSR count). The quantitative estimate of drug-likeness (QED) is 0.199. The van der Waals surface area contributed by atoms with Crippen molar-refractivity contribution < 1.29 is 23.1 Å². The zero-order chi connectivity index (χ0) is 34.9. The summed E-state index contributed by atoms with van der Waals surface area (Å²) in [6, 6.07) is 9.09. The van der Waals surface area contributed by atoms with Gasteiger partial charge in [-0.15, -0.1) is 11.3 Å². The maximum atomic E-state index is 13.9. The standard InChI is InChI=1S/C34H27ClF3N7O3S/c1-20-42-27-18-41-31(44-14-12-43(13-15-44)10-3-8-34(36,37)38)25(17-39)28(27)32(46)45(20)11-2-4-21-5-6-22(35)16-24(21)23-7-9-40-29-26(33(47)48)19-49-30(23)29/h5-7,9,16,18-19H,3,8,10-15H2,1H3,(H,47,48). The van der Waals surface area contributed by atoms with Gasteiger partial charge in [-0.1, -0.05) is 23.4 Å². The van der Waals surface area contributed by atoms with E-state index in [1.807, 2.05) is 9.80 Å². The van der Waals surface area contributed by atoms with E-state index in [4.69, 9.17) is 11.6 Å². The summed E-state index contributed by atoms with van der Waals surface area (Å²) in [7, 11) is 0. The smallest absolute Gasteiger partial charge is 0.389 e. The third-order valence-corrected chi connectivity index (χ3v) is 9.54. The van der Waals surface area contributed by atoms with Crippen LogP contribution in [0.25, 0.3) is 32.2 Å². The number of aromatic carboxylic acids is 1. The predicted octanol–water partition coefficient (Wildman–Crippen LogP) is 6.12. The number of aromatic nitrogens is 4. The van der Waals surface area contributed by atoms with Gasteiger partial charge >= 0.3 is 12.1 Å². The summed E-state index contributed by atoms with van der Waals surface area (Å²) in [5.41, 5.74) is 2.37. The number of thiophene rings is 1. The molecule has 1 aromatic carbocycles. The lowest BCUT2D eigenvalue weighted by atomic mass is 10.00. The Morgan fingerprint density at radius 2 is 1.92 bits per heavy atom. The summed E-state index contributed by atoms with van der Waals surface area (Å²) in [6.07, 6.45) is -2.01. The molecule has 1 N–H and O–H groups in total. The summed E-state index contributed by atoms with van der Waals surface area (Å²) in [5, 5.41) is 21.9. The number of piperazine rings is 1. The highest BCUT2D eigenvalue weighted by Crippen LogP contribution is 2.36. The molecule has 1 saturated heterocycles. The van der Waals surface area contributed by atoms with Crippen molar-refractivity contribution in [2.45, 2.75) is 32.5 Å². The molecule has 0 atom stereocenters. The molecular weight excluding hydrogens is 679 g/mol. The predicted molar refractivity (Wildman–Crippen MR) is 181 cm³/mol. The monoisotopic (exact) mass is 705 g/mol. The Morgan fingerprint density at radius 1 is 1.14 bits per heavy atom. The van der Waals surface area contributed by atoms with Gasteiger partial charge in [0.1, 0.15) is 23.3 Å². The molecular formula is C34H27ClF3N7O3S. The van der Waals surface area contributed by atoms with Crippen LogP contribution in [0.1, 0.15) is 40.2 Å². The van der Waals surface area contributed by atoms with Crippen molar-refractivity contribution in [1.29, 1.82) is 5.26 Å². The minimum absolute atomic E-state index is 0.0177. The molecule has 1 aliphatic rings. The van der Waals surface area contributed by atoms with Crippen LogP contribution in [0.4, 0.5) is 19.0 Å². The normalized spacial score (nSPS) is 13.8. The highest BCUT2D eigenvalue weighted by atomic mass is 35.5. The number of benzene rings is 1. The molecule has 0 radical (unpaired) electrons. The van der Waals surface area contributed by atoms with Crippen LogP contribution in [0, 0.1) is 30.1 Å². The highest BCUT2D eigenvalue weighted by molar-refractivity contribution is 7.18. The lowest BCUT2D eigenvalue weighted by molar-refractivity contribution is -0.136. The number of carbonyl (C=O) groups is 1. The van der Waals surface area contributed by atoms with E-state index in [2.05, 4.69) is 32.9 Å². The summed E-state index contributed by atoms with van der Waals surface area (Å²) >= 11 is 7.62. The van der Waals surface area contributed by atoms with Crippen LogP contribution in [0.15, 0.2) is 46.8 Å². The number of hydrogen-bond acceptors (Lipinski definition) is 9. The van der Waals surface area contributed by atoms with Gasteiger partial charge in [-0.2, -0.15) is 18.4 Å². The van der Waals surface area contributed by atoms with E-state index in [0.29, 0.717) is 70.7 Å². The van der Waals surface area contributed by atoms with Crippen molar-refractivity contribution in [1.82, 2.24) is 24.4 Å². The Balaban J connectivity index is 1.29. The number of anilines is 1. The third-order valence-electron chi connectivity index (χ3n) is 8.31. The van der Waals surface area contributed by atoms with Gasteiger partial charge in [0.15, 0.2) is 0 Å². The van der Waals surface area contributed by atoms with Crippen molar-refractivity contribution in [2.24, 2.45) is 0 Å². The Hall–Kier alpha value is -5.02. The number of rotatable bonds is 7. The van der Waals surface area contributed by atoms with Gasteiger partial charge in [0.05, 0.1) is 39.4 Å². The Morgan fingerprint density at radius 3 is 2.63 bits per heavy atom. The first-order valence-corrected chi connectivity index (χ1v) is 16.4. The van der Waals surface area contributed by atoms with E-state index in [9.17, 15) is 33.1 Å². The largest absolute Gasteiger partial charge is 0.478 e. The lowest BCUT2D eigenvalue weighted by Gasteiger charge is -2.35. The third kappa shape index (κ3) is 7.08. The van der Waals surface area contributed by atoms with Gasteiger partial charge in [0.2, 0.25) is 0 Å². The second kappa shape index (κ2) is 13.8. The van der Waals surface area contributed by atoms with E-state index >= 15 is 0 Å². The van der Waals surface area contributed by atoms with Crippen molar-refractivity contribution >= 4 is 55.8 Å². The van der Waals surface area contributed by atoms with Gasteiger partial charge in [-0.25, -0.2) is 14.8 Å². The molecule has 1 aliphatic heterocycles. The highest BCUT2D eigenvalue weighted by Gasteiger charge is 2.28. The van der Waals surface area contributed by atoms with Crippen molar-refractivity contribution in [3.05, 3.63) is 79.9 Å². The molecule has 15 heteroatoms. The first-order chi connectivity index (χ1) is 23.4. The number of pyridine rings is 2. The number of carboxylic acid groups (broad SMARTS) is 1. The van der Waals surface area contributed by atoms with E-state index < -0.39 is 24.1 Å². The van der Waals surface area contributed by atoms with Crippen LogP contribution in [0.2, 0.25) is 5.02 Å². The van der Waals surface area contributed by atoms with Gasteiger partial charge in [0, 0.05) is 65.9 Å². The number of halogens is 4.